The molecule has 0 radical (unpaired) electrons. The number of nitrogens with one attached hydrogen (secondary N) is 1. The number of aliphatic hydroxyl groups excluding tert-OH is 2. The highest BCUT2D eigenvalue weighted by atomic mass is 16.5. The summed E-state index contributed by atoms with van der Waals surface area (Å²) in [5, 5.41) is 46.2. The van der Waals surface area contributed by atoms with Crippen molar-refractivity contribution in [3.05, 3.63) is 189 Å². The zero-order chi connectivity index (χ0) is 76.0. The third kappa shape index (κ3) is 11.2. The van der Waals surface area contributed by atoms with Gasteiger partial charge in [0.05, 0.1) is 32.3 Å². The van der Waals surface area contributed by atoms with Crippen molar-refractivity contribution < 1.29 is 63.2 Å². The summed E-state index contributed by atoms with van der Waals surface area (Å²) >= 11 is 0. The van der Waals surface area contributed by atoms with Gasteiger partial charge in [0.2, 0.25) is 0 Å². The van der Waals surface area contributed by atoms with Gasteiger partial charge in [0.25, 0.3) is 0 Å². The second-order valence-corrected chi connectivity index (χ2v) is 34.3. The van der Waals surface area contributed by atoms with E-state index in [1.807, 2.05) is 74.7 Å². The Morgan fingerprint density at radius 3 is 1.51 bits per heavy atom. The minimum absolute atomic E-state index is 0.0438. The molecule has 7 N–H and O–H groups in total. The second-order valence-electron chi connectivity index (χ2n) is 34.3. The number of carbonyl (C=O) groups excluding carboxylic acids is 2. The van der Waals surface area contributed by atoms with E-state index in [-0.39, 0.29) is 64.0 Å². The number of Topliss-reactive ketones (excluding diaryl/α,β-unsaturated/α-hetero) is 2. The number of methoxy groups -OCH3 is 3. The molecular formula is C90H110N6O13. The van der Waals surface area contributed by atoms with Crippen molar-refractivity contribution in [1.82, 2.24) is 24.9 Å². The average Bonchev–Trinajstić information content (AvgIpc) is 1.74. The summed E-state index contributed by atoms with van der Waals surface area (Å²) in [5.74, 6) is 7.21. The first-order chi connectivity index (χ1) is 52.6. The van der Waals surface area contributed by atoms with Crippen LogP contribution in [0, 0.1) is 17.8 Å². The van der Waals surface area contributed by atoms with Crippen LogP contribution in [0.25, 0.3) is 0 Å². The Labute approximate surface area is 641 Å². The van der Waals surface area contributed by atoms with Gasteiger partial charge < -0.3 is 84.2 Å². The maximum absolute atomic E-state index is 12.7. The number of hydrogen-bond acceptors (Lipinski definition) is 19. The second kappa shape index (κ2) is 28.1. The normalized spacial score (nSPS) is 35.3. The summed E-state index contributed by atoms with van der Waals surface area (Å²) in [7, 11) is 15.7. The topological polar surface area (TPSA) is 231 Å². The van der Waals surface area contributed by atoms with Crippen LogP contribution in [0.5, 0.6) is 46.0 Å². The molecule has 6 aromatic rings. The fraction of sp³-hybridized carbons (Fsp3) is 0.533. The number of likely N-dealkylation sites (N-methyl/N-ethyl adjacent to an activating group) is 5. The Morgan fingerprint density at radius 1 is 0.514 bits per heavy atom. The van der Waals surface area contributed by atoms with E-state index in [4.69, 9.17) is 38.9 Å². The number of aromatic hydroxyl groups is 1. The lowest BCUT2D eigenvalue weighted by Crippen LogP contribution is -2.76. The van der Waals surface area contributed by atoms with Gasteiger partial charge in [0.15, 0.2) is 69.8 Å². The van der Waals surface area contributed by atoms with Crippen molar-refractivity contribution in [3.63, 3.8) is 0 Å². The summed E-state index contributed by atoms with van der Waals surface area (Å²) in [5.41, 5.74) is 16.5. The van der Waals surface area contributed by atoms with Crippen LogP contribution in [0.1, 0.15) is 121 Å². The Kier molecular flexibility index (Phi) is 19.1. The molecule has 0 amide bonds. The van der Waals surface area contributed by atoms with Crippen LogP contribution >= 0.6 is 0 Å². The molecule has 6 aromatic carbocycles. The highest BCUT2D eigenvalue weighted by Crippen LogP contribution is 2.68. The highest BCUT2D eigenvalue weighted by molar-refractivity contribution is 5.91. The fourth-order valence-electron chi connectivity index (χ4n) is 24.0. The predicted molar refractivity (Wildman–Crippen MR) is 417 cm³/mol. The Morgan fingerprint density at radius 2 is 0.963 bits per heavy atom. The van der Waals surface area contributed by atoms with Crippen molar-refractivity contribution in [2.75, 3.05) is 82.7 Å². The van der Waals surface area contributed by atoms with Crippen molar-refractivity contribution in [1.29, 1.82) is 0 Å². The molecule has 6 fully saturated rings. The number of phenols is 1. The van der Waals surface area contributed by atoms with Gasteiger partial charge in [-0.05, 0) is 216 Å². The smallest absolute Gasteiger partial charge is 0.174 e. The number of phenolic OH excluding ortho intramolecular Hbond substituents is 1. The van der Waals surface area contributed by atoms with E-state index in [1.165, 1.54) is 50.1 Å². The molecule has 8 aliphatic carbocycles. The van der Waals surface area contributed by atoms with Gasteiger partial charge >= 0.3 is 0 Å². The van der Waals surface area contributed by atoms with Crippen LogP contribution in [0.15, 0.2) is 133 Å². The molecule has 4 spiro atoms. The van der Waals surface area contributed by atoms with Gasteiger partial charge in [0, 0.05) is 99.4 Å². The molecule has 0 aromatic heterocycles. The van der Waals surface area contributed by atoms with Gasteiger partial charge in [-0.15, -0.1) is 0 Å². The van der Waals surface area contributed by atoms with E-state index in [2.05, 4.69) is 127 Å². The average molecular weight is 1480 g/mol. The van der Waals surface area contributed by atoms with E-state index in [0.29, 0.717) is 78.4 Å². The van der Waals surface area contributed by atoms with Crippen LogP contribution in [0.2, 0.25) is 0 Å². The summed E-state index contributed by atoms with van der Waals surface area (Å²) in [6.45, 7) is 8.19. The van der Waals surface area contributed by atoms with Gasteiger partial charge in [0.1, 0.15) is 24.4 Å². The SMILES string of the molecule is CC(N)Cc1ccccc1.CN1CC[C@]23c4c5ccc(O)c4O[C@H]2[C@@H](O)C=C[C@H]3[C@H]1C5.CN[C@@H](C)Cc1ccccc1.COc1ccc2c3c1O[C@H]1C(=O)CC[C@@]4(O)[C@@H](C2)N(C)CC[C@]314.COc1ccc2c3c1O[C@H]1C(=O)CC[C@H]4[C@@H](C2)N(C)CC[C@]314.COc1ccc2c3c1O[C@H]1[C@@H](O)C=C[C@H]4[C@@H](C2)N(C)CC[C@@]341. The molecule has 19 heteroatoms. The first kappa shape index (κ1) is 74.0. The van der Waals surface area contributed by atoms with E-state index >= 15 is 0 Å². The lowest BCUT2D eigenvalue weighted by atomic mass is 9.49. The zero-order valence-electron chi connectivity index (χ0n) is 64.9. The number of piperidine rings is 4. The zero-order valence-corrected chi connectivity index (χ0v) is 64.9. The van der Waals surface area contributed by atoms with Crippen molar-refractivity contribution in [3.8, 4) is 46.0 Å². The van der Waals surface area contributed by atoms with Gasteiger partial charge in [-0.1, -0.05) is 109 Å². The predicted octanol–water partition coefficient (Wildman–Crippen LogP) is 9.09. The molecule has 8 aliphatic heterocycles. The molecule has 8 bridgehead atoms. The monoisotopic (exact) mass is 1480 g/mol. The number of likely N-dealkylation sites (tertiary alicyclic amines) is 4. The molecule has 109 heavy (non-hydrogen) atoms. The number of nitrogens with zero attached hydrogens (tertiary/aromatic N) is 4. The van der Waals surface area contributed by atoms with Gasteiger partial charge in [-0.3, -0.25) is 9.59 Å². The van der Waals surface area contributed by atoms with E-state index < -0.39 is 29.3 Å². The quantitative estimate of drug-likeness (QED) is 0.0780. The van der Waals surface area contributed by atoms with E-state index in [0.717, 1.165) is 125 Å². The first-order valence-electron chi connectivity index (χ1n) is 40.1. The standard InChI is InChI=1S/C18H21NO4.2C18H21NO3.C17H19NO3.C10H15N.C9H13N/c1-19-8-7-17-14-10-3-4-12(22-2)15(14)23-16(17)11(20)5-6-18(17,21)13(19)9-10;2*1-19-8-7-18-11-4-5-13(20)17(18)22-16-14(21-2)6-3-10(15(16)18)9-12(11)19;1-18-7-6-17-10-3-5-13(20)16(17)21-15-12(19)4-2-9(14(15)17)8-11(10)18;1-9(11-2)8-10-6-4-3-5-7-10;1-8(10)7-9-5-3-2-4-6-9/h3-4,13,16,21H,5-9H2,1-2H3;3,6,11-12,17H,4-5,7-9H2,1-2H3;3-6,11-13,17,20H,7-9H2,1-2H3;2-5,10-11,13,16,19-20H,6-8H2,1H3;3-7,9,11H,8H2,1-2H3;2-6,8H,7,10H2,1H3/t13-,16+,17+,18-;11-,12+,17-,18-;11-,12+,13-,17-,18-;10-,11+,13-,16-,17-;9-;/m10000./s1. The number of ketones is 2. The Balaban J connectivity index is 0.0000000978. The van der Waals surface area contributed by atoms with Crippen molar-refractivity contribution in [2.45, 2.75) is 204 Å². The minimum atomic E-state index is -0.900. The van der Waals surface area contributed by atoms with E-state index in [1.54, 1.807) is 27.4 Å². The number of aliphatic hydroxyl groups is 3. The summed E-state index contributed by atoms with van der Waals surface area (Å²) in [6.07, 6.45) is 18.2. The van der Waals surface area contributed by atoms with Crippen molar-refractivity contribution in [2.24, 2.45) is 23.5 Å². The fourth-order valence-corrected chi connectivity index (χ4v) is 24.0. The minimum Gasteiger partial charge on any atom is -0.504 e. The van der Waals surface area contributed by atoms with Crippen LogP contribution in [-0.2, 0) is 69.8 Å². The number of rotatable bonds is 8. The number of ether oxygens (including phenoxy) is 7. The number of carbonyl (C=O) groups is 2. The number of nitrogens with two attached hydrogens (primary N) is 1. The van der Waals surface area contributed by atoms with Crippen LogP contribution in [0.3, 0.4) is 0 Å². The maximum Gasteiger partial charge on any atom is 0.174 e. The van der Waals surface area contributed by atoms with Gasteiger partial charge in [-0.2, -0.15) is 0 Å². The number of hydrogen-bond donors (Lipinski definition) is 6. The molecule has 2 saturated carbocycles. The lowest BCUT2D eigenvalue weighted by Gasteiger charge is -2.62. The first-order valence-corrected chi connectivity index (χ1v) is 40.1. The molecule has 22 rings (SSSR count). The number of benzene rings is 6. The lowest BCUT2D eigenvalue weighted by molar-refractivity contribution is -0.185. The van der Waals surface area contributed by atoms with Crippen molar-refractivity contribution >= 4 is 11.6 Å². The van der Waals surface area contributed by atoms with Crippen LogP contribution < -0.4 is 44.2 Å². The van der Waals surface area contributed by atoms with E-state index in [9.17, 15) is 30.0 Å². The van der Waals surface area contributed by atoms with Gasteiger partial charge in [-0.25, -0.2) is 0 Å². The molecule has 578 valence electrons. The summed E-state index contributed by atoms with van der Waals surface area (Å²) in [6, 6.07) is 39.4. The third-order valence-corrected chi connectivity index (χ3v) is 29.1. The Bertz CT molecular complexity index is 4540. The summed E-state index contributed by atoms with van der Waals surface area (Å²) in [4.78, 5) is 34.9. The molecule has 8 heterocycles. The molecule has 20 atom stereocenters. The molecular weight excluding hydrogens is 1370 g/mol. The third-order valence-electron chi connectivity index (χ3n) is 29.1. The Hall–Kier alpha value is -7.82. The highest BCUT2D eigenvalue weighted by Gasteiger charge is 2.74. The van der Waals surface area contributed by atoms with Crippen LogP contribution in [-0.4, -0.2) is 213 Å². The largest absolute Gasteiger partial charge is 0.504 e. The molecule has 16 aliphatic rings. The molecule has 19 nitrogen and oxygen atoms in total. The molecule has 4 saturated heterocycles. The summed E-state index contributed by atoms with van der Waals surface area (Å²) < 4.78 is 41.3. The van der Waals surface area contributed by atoms with Crippen LogP contribution in [0.4, 0.5) is 0 Å². The maximum atomic E-state index is 12.7. The molecule has 1 unspecified atom stereocenters.